The first-order valence-electron chi connectivity index (χ1n) is 9.19. The van der Waals surface area contributed by atoms with E-state index in [0.29, 0.717) is 13.1 Å². The lowest BCUT2D eigenvalue weighted by Crippen LogP contribution is -2.41. The zero-order valence-corrected chi connectivity index (χ0v) is 14.9. The van der Waals surface area contributed by atoms with Crippen molar-refractivity contribution in [2.45, 2.75) is 31.6 Å². The highest BCUT2D eigenvalue weighted by atomic mass is 19.4. The lowest BCUT2D eigenvalue weighted by Gasteiger charge is -2.33. The number of benzene rings is 2. The number of hydrogen-bond acceptors (Lipinski definition) is 2. The number of nitrogens with zero attached hydrogens (tertiary/aromatic N) is 2. The van der Waals surface area contributed by atoms with Crippen molar-refractivity contribution in [3.8, 4) is 0 Å². The smallest absolute Gasteiger partial charge is 0.337 e. The van der Waals surface area contributed by atoms with Crippen LogP contribution in [0.1, 0.15) is 33.5 Å². The Morgan fingerprint density at radius 2 is 1.78 bits per heavy atom. The molecule has 2 aliphatic heterocycles. The number of fused-ring (bicyclic) bond motifs is 1. The van der Waals surface area contributed by atoms with Gasteiger partial charge in [-0.05, 0) is 42.2 Å². The molecule has 2 heterocycles. The minimum atomic E-state index is -4.44. The molecule has 0 N–H and O–H groups in total. The van der Waals surface area contributed by atoms with Crippen LogP contribution in [0, 0.1) is 0 Å². The molecule has 0 radical (unpaired) electrons. The molecule has 0 bridgehead atoms. The molecule has 142 valence electrons. The molecule has 27 heavy (non-hydrogen) atoms. The zero-order valence-electron chi connectivity index (χ0n) is 14.9. The molecule has 0 spiro atoms. The number of alkyl halides is 3. The predicted octanol–water partition coefficient (Wildman–Crippen LogP) is 3.98. The Morgan fingerprint density at radius 3 is 2.56 bits per heavy atom. The van der Waals surface area contributed by atoms with Crippen LogP contribution in [-0.4, -0.2) is 41.4 Å². The molecule has 0 aromatic heterocycles. The summed E-state index contributed by atoms with van der Waals surface area (Å²) in [7, 11) is 0. The minimum absolute atomic E-state index is 0.106. The molecule has 2 aliphatic rings. The maximum atomic E-state index is 12.9. The summed E-state index contributed by atoms with van der Waals surface area (Å²) in [4.78, 5) is 16.8. The Kier molecular flexibility index (Phi) is 4.68. The number of likely N-dealkylation sites (tertiary alicyclic amines) is 1. The van der Waals surface area contributed by atoms with Crippen molar-refractivity contribution in [2.24, 2.45) is 0 Å². The third-order valence-electron chi connectivity index (χ3n) is 5.56. The van der Waals surface area contributed by atoms with Gasteiger partial charge in [0.05, 0.1) is 5.56 Å². The van der Waals surface area contributed by atoms with Gasteiger partial charge in [-0.2, -0.15) is 13.2 Å². The van der Waals surface area contributed by atoms with Crippen LogP contribution in [-0.2, 0) is 19.1 Å². The number of amides is 1. The van der Waals surface area contributed by atoms with E-state index in [9.17, 15) is 18.0 Å². The van der Waals surface area contributed by atoms with E-state index in [1.807, 2.05) is 6.07 Å². The van der Waals surface area contributed by atoms with Gasteiger partial charge in [0.25, 0.3) is 5.91 Å². The fourth-order valence-electron chi connectivity index (χ4n) is 4.06. The van der Waals surface area contributed by atoms with Crippen molar-refractivity contribution in [1.29, 1.82) is 0 Å². The number of carbonyl (C=O) groups excluding carboxylic acids is 1. The minimum Gasteiger partial charge on any atom is -0.337 e. The van der Waals surface area contributed by atoms with Crippen molar-refractivity contribution < 1.29 is 18.0 Å². The van der Waals surface area contributed by atoms with Crippen LogP contribution < -0.4 is 0 Å². The summed E-state index contributed by atoms with van der Waals surface area (Å²) in [6.45, 7) is 2.97. The maximum absolute atomic E-state index is 12.9. The molecule has 2 aromatic rings. The van der Waals surface area contributed by atoms with Crippen LogP contribution in [0.4, 0.5) is 13.2 Å². The molecule has 1 atom stereocenters. The number of rotatable bonds is 2. The lowest BCUT2D eigenvalue weighted by atomic mass is 9.98. The van der Waals surface area contributed by atoms with Gasteiger partial charge in [0.2, 0.25) is 0 Å². The molecule has 2 aromatic carbocycles. The molecular formula is C21H21F3N2O. The summed E-state index contributed by atoms with van der Waals surface area (Å²) in [6.07, 6.45) is -2.59. The molecule has 1 unspecified atom stereocenters. The normalized spacial score (nSPS) is 20.6. The highest BCUT2D eigenvalue weighted by molar-refractivity contribution is 5.94. The van der Waals surface area contributed by atoms with E-state index in [2.05, 4.69) is 23.1 Å². The number of halogens is 3. The van der Waals surface area contributed by atoms with Gasteiger partial charge in [0.15, 0.2) is 0 Å². The van der Waals surface area contributed by atoms with Crippen LogP contribution in [0.2, 0.25) is 0 Å². The molecule has 1 fully saturated rings. The van der Waals surface area contributed by atoms with E-state index in [1.165, 1.54) is 23.3 Å². The van der Waals surface area contributed by atoms with Gasteiger partial charge < -0.3 is 4.90 Å². The van der Waals surface area contributed by atoms with Crippen molar-refractivity contribution in [2.75, 3.05) is 19.6 Å². The van der Waals surface area contributed by atoms with Gasteiger partial charge in [-0.25, -0.2) is 0 Å². The van der Waals surface area contributed by atoms with Crippen LogP contribution >= 0.6 is 0 Å². The highest BCUT2D eigenvalue weighted by Gasteiger charge is 2.34. The SMILES string of the molecule is O=C(c1cccc(C(F)(F)F)c1)N1CCC(N2CCc3ccccc3C2)C1. The third kappa shape index (κ3) is 3.72. The van der Waals surface area contributed by atoms with Crippen LogP contribution in [0.3, 0.4) is 0 Å². The summed E-state index contributed by atoms with van der Waals surface area (Å²) < 4.78 is 38.7. The largest absolute Gasteiger partial charge is 0.416 e. The standard InChI is InChI=1S/C21H21F3N2O/c22-21(23,24)18-7-3-6-16(12-18)20(27)26-11-9-19(14-26)25-10-8-15-4-1-2-5-17(15)13-25/h1-7,12,19H,8-11,13-14H2. The maximum Gasteiger partial charge on any atom is 0.416 e. The van der Waals surface area contributed by atoms with E-state index in [1.54, 1.807) is 4.90 Å². The fraction of sp³-hybridized carbons (Fsp3) is 0.381. The van der Waals surface area contributed by atoms with Gasteiger partial charge in [-0.15, -0.1) is 0 Å². The third-order valence-corrected chi connectivity index (χ3v) is 5.56. The molecule has 3 nitrogen and oxygen atoms in total. The molecule has 0 saturated carbocycles. The first-order chi connectivity index (χ1) is 12.9. The quantitative estimate of drug-likeness (QED) is 0.794. The summed E-state index contributed by atoms with van der Waals surface area (Å²) in [5, 5.41) is 0. The molecule has 6 heteroatoms. The number of hydrogen-bond donors (Lipinski definition) is 0. The highest BCUT2D eigenvalue weighted by Crippen LogP contribution is 2.30. The van der Waals surface area contributed by atoms with Gasteiger partial charge in [0.1, 0.15) is 0 Å². The average molecular weight is 374 g/mol. The van der Waals surface area contributed by atoms with Crippen LogP contribution in [0.5, 0.6) is 0 Å². The summed E-state index contributed by atoms with van der Waals surface area (Å²) >= 11 is 0. The second-order valence-corrected chi connectivity index (χ2v) is 7.26. The van der Waals surface area contributed by atoms with E-state index in [4.69, 9.17) is 0 Å². The van der Waals surface area contributed by atoms with Crippen LogP contribution in [0.25, 0.3) is 0 Å². The molecule has 4 rings (SSSR count). The summed E-state index contributed by atoms with van der Waals surface area (Å²) in [5.41, 5.74) is 2.03. The Balaban J connectivity index is 1.43. The van der Waals surface area contributed by atoms with Gasteiger partial charge in [-0.3, -0.25) is 9.69 Å². The average Bonchev–Trinajstić information content (AvgIpc) is 3.16. The van der Waals surface area contributed by atoms with E-state index in [0.717, 1.165) is 38.1 Å². The Morgan fingerprint density at radius 1 is 1.00 bits per heavy atom. The lowest BCUT2D eigenvalue weighted by molar-refractivity contribution is -0.137. The van der Waals surface area contributed by atoms with Crippen LogP contribution in [0.15, 0.2) is 48.5 Å². The summed E-state index contributed by atoms with van der Waals surface area (Å²) in [5.74, 6) is -0.319. The van der Waals surface area contributed by atoms with Crippen molar-refractivity contribution >= 4 is 5.91 Å². The van der Waals surface area contributed by atoms with Gasteiger partial charge >= 0.3 is 6.18 Å². The monoisotopic (exact) mass is 374 g/mol. The molecule has 0 aliphatic carbocycles. The second kappa shape index (κ2) is 7.00. The van der Waals surface area contributed by atoms with Gasteiger partial charge in [0, 0.05) is 37.8 Å². The van der Waals surface area contributed by atoms with E-state index < -0.39 is 11.7 Å². The Labute approximate surface area is 156 Å². The Hall–Kier alpha value is -2.34. The van der Waals surface area contributed by atoms with Crippen molar-refractivity contribution in [3.63, 3.8) is 0 Å². The van der Waals surface area contributed by atoms with Crippen molar-refractivity contribution in [1.82, 2.24) is 9.80 Å². The van der Waals surface area contributed by atoms with E-state index >= 15 is 0 Å². The predicted molar refractivity (Wildman–Crippen MR) is 96.3 cm³/mol. The molecular weight excluding hydrogens is 353 g/mol. The topological polar surface area (TPSA) is 23.6 Å². The van der Waals surface area contributed by atoms with Crippen molar-refractivity contribution in [3.05, 3.63) is 70.8 Å². The van der Waals surface area contributed by atoms with Gasteiger partial charge in [-0.1, -0.05) is 30.3 Å². The second-order valence-electron chi connectivity index (χ2n) is 7.26. The first kappa shape index (κ1) is 18.0. The zero-order chi connectivity index (χ0) is 19.0. The molecule has 1 amide bonds. The fourth-order valence-corrected chi connectivity index (χ4v) is 4.06. The Bertz CT molecular complexity index is 849. The van der Waals surface area contributed by atoms with E-state index in [-0.39, 0.29) is 17.5 Å². The number of carbonyl (C=O) groups is 1. The first-order valence-corrected chi connectivity index (χ1v) is 9.19. The molecule has 1 saturated heterocycles. The summed E-state index contributed by atoms with van der Waals surface area (Å²) in [6, 6.07) is 13.4.